The molecule has 2 amide bonds. The van der Waals surface area contributed by atoms with E-state index < -0.39 is 17.0 Å². The molecule has 3 aromatic carbocycles. The number of hydrogen-bond donors (Lipinski definition) is 1. The molecule has 1 heterocycles. The highest BCUT2D eigenvalue weighted by atomic mass is 32.2. The summed E-state index contributed by atoms with van der Waals surface area (Å²) in [4.78, 5) is 28.1. The number of halogens is 1. The first-order valence-electron chi connectivity index (χ1n) is 11.4. The molecule has 1 N–H and O–H groups in total. The van der Waals surface area contributed by atoms with Crippen molar-refractivity contribution in [1.82, 2.24) is 0 Å². The summed E-state index contributed by atoms with van der Waals surface area (Å²) in [5.74, 6) is -0.738. The Kier molecular flexibility index (Phi) is 7.71. The molecule has 1 aliphatic heterocycles. The van der Waals surface area contributed by atoms with Gasteiger partial charge in [0.05, 0.1) is 11.9 Å². The molecule has 0 aromatic heterocycles. The van der Waals surface area contributed by atoms with Crippen molar-refractivity contribution in [2.45, 2.75) is 25.5 Å². The van der Waals surface area contributed by atoms with E-state index in [1.165, 1.54) is 11.0 Å². The van der Waals surface area contributed by atoms with Crippen LogP contribution in [0.15, 0.2) is 83.4 Å². The van der Waals surface area contributed by atoms with Gasteiger partial charge >= 0.3 is 0 Å². The quantitative estimate of drug-likeness (QED) is 0.337. The standard InChI is InChI=1S/C28H24FN3O3S/c1-3-35-22-14-12-21(13-15-22)32-27(34)25(16-19-6-4-5-7-24(19)29)36-28(32)23(17-30)26(33)31-20-10-8-18(2)9-11-20/h4-15,25H,3,16H2,1-2H3,(H,31,33)/b28-23-. The summed E-state index contributed by atoms with van der Waals surface area (Å²) in [6.07, 6.45) is 0.117. The van der Waals surface area contributed by atoms with Gasteiger partial charge in [-0.05, 0) is 68.3 Å². The predicted molar refractivity (Wildman–Crippen MR) is 139 cm³/mol. The maximum atomic E-state index is 14.4. The molecule has 36 heavy (non-hydrogen) atoms. The van der Waals surface area contributed by atoms with Gasteiger partial charge < -0.3 is 10.1 Å². The van der Waals surface area contributed by atoms with E-state index in [-0.39, 0.29) is 22.9 Å². The summed E-state index contributed by atoms with van der Waals surface area (Å²) in [6.45, 7) is 4.29. The van der Waals surface area contributed by atoms with Crippen molar-refractivity contribution in [3.8, 4) is 11.8 Å². The third-order valence-corrected chi connectivity index (χ3v) is 6.85. The molecule has 0 aliphatic carbocycles. The lowest BCUT2D eigenvalue weighted by Crippen LogP contribution is -2.31. The van der Waals surface area contributed by atoms with Gasteiger partial charge in [0.1, 0.15) is 28.2 Å². The predicted octanol–water partition coefficient (Wildman–Crippen LogP) is 5.60. The van der Waals surface area contributed by atoms with E-state index in [1.807, 2.05) is 32.0 Å². The fourth-order valence-electron chi connectivity index (χ4n) is 3.77. The second-order valence-electron chi connectivity index (χ2n) is 8.11. The number of aryl methyl sites for hydroxylation is 1. The smallest absolute Gasteiger partial charge is 0.269 e. The van der Waals surface area contributed by atoms with E-state index in [4.69, 9.17) is 4.74 Å². The third-order valence-electron chi connectivity index (χ3n) is 5.58. The van der Waals surface area contributed by atoms with Crippen LogP contribution >= 0.6 is 11.8 Å². The van der Waals surface area contributed by atoms with Crippen LogP contribution in [0.25, 0.3) is 0 Å². The number of amides is 2. The van der Waals surface area contributed by atoms with Crippen molar-refractivity contribution >= 4 is 35.0 Å². The van der Waals surface area contributed by atoms with Crippen LogP contribution in [0.2, 0.25) is 0 Å². The maximum Gasteiger partial charge on any atom is 0.269 e. The first-order chi connectivity index (χ1) is 17.4. The summed E-state index contributed by atoms with van der Waals surface area (Å²) >= 11 is 1.09. The molecule has 1 atom stereocenters. The number of nitriles is 1. The number of carbonyl (C=O) groups is 2. The molecule has 4 rings (SSSR count). The topological polar surface area (TPSA) is 82.4 Å². The Morgan fingerprint density at radius 3 is 2.44 bits per heavy atom. The maximum absolute atomic E-state index is 14.4. The zero-order chi connectivity index (χ0) is 25.7. The molecule has 6 nitrogen and oxygen atoms in total. The van der Waals surface area contributed by atoms with Crippen LogP contribution in [0.4, 0.5) is 15.8 Å². The number of anilines is 2. The fraction of sp³-hybridized carbons (Fsp3) is 0.179. The van der Waals surface area contributed by atoms with E-state index >= 15 is 0 Å². The summed E-state index contributed by atoms with van der Waals surface area (Å²) in [5, 5.41) is 12.2. The highest BCUT2D eigenvalue weighted by Gasteiger charge is 2.41. The van der Waals surface area contributed by atoms with Crippen LogP contribution in [0.1, 0.15) is 18.1 Å². The number of hydrogen-bond acceptors (Lipinski definition) is 5. The Bertz CT molecular complexity index is 1350. The molecule has 8 heteroatoms. The van der Waals surface area contributed by atoms with Crippen LogP contribution in [-0.2, 0) is 16.0 Å². The lowest BCUT2D eigenvalue weighted by atomic mass is 10.1. The zero-order valence-corrected chi connectivity index (χ0v) is 20.6. The van der Waals surface area contributed by atoms with Gasteiger partial charge in [0.25, 0.3) is 5.91 Å². The van der Waals surface area contributed by atoms with Crippen LogP contribution in [-0.4, -0.2) is 23.7 Å². The average molecular weight is 502 g/mol. The molecule has 1 fully saturated rings. The fourth-order valence-corrected chi connectivity index (χ4v) is 5.07. The minimum Gasteiger partial charge on any atom is -0.494 e. The molecule has 1 aliphatic rings. The highest BCUT2D eigenvalue weighted by molar-refractivity contribution is 8.05. The van der Waals surface area contributed by atoms with Crippen LogP contribution < -0.4 is 15.0 Å². The van der Waals surface area contributed by atoms with Gasteiger partial charge in [0.2, 0.25) is 5.91 Å². The van der Waals surface area contributed by atoms with Crippen molar-refractivity contribution in [3.63, 3.8) is 0 Å². The number of rotatable bonds is 7. The highest BCUT2D eigenvalue weighted by Crippen LogP contribution is 2.42. The van der Waals surface area contributed by atoms with E-state index in [0.717, 1.165) is 17.3 Å². The van der Waals surface area contributed by atoms with Gasteiger partial charge in [0, 0.05) is 11.4 Å². The number of carbonyl (C=O) groups excluding carboxylic acids is 2. The molecule has 0 radical (unpaired) electrons. The van der Waals surface area contributed by atoms with Gasteiger partial charge in [-0.2, -0.15) is 5.26 Å². The number of ether oxygens (including phenoxy) is 1. The molecular formula is C28H24FN3O3S. The van der Waals surface area contributed by atoms with Crippen molar-refractivity contribution in [1.29, 1.82) is 5.26 Å². The van der Waals surface area contributed by atoms with E-state index in [1.54, 1.807) is 54.6 Å². The van der Waals surface area contributed by atoms with Crippen molar-refractivity contribution in [3.05, 3.63) is 100 Å². The largest absolute Gasteiger partial charge is 0.494 e. The second kappa shape index (κ2) is 11.1. The normalized spacial score (nSPS) is 16.4. The second-order valence-corrected chi connectivity index (χ2v) is 9.31. The Balaban J connectivity index is 1.72. The molecule has 1 saturated heterocycles. The average Bonchev–Trinajstić information content (AvgIpc) is 3.18. The van der Waals surface area contributed by atoms with Crippen molar-refractivity contribution in [2.75, 3.05) is 16.8 Å². The van der Waals surface area contributed by atoms with E-state index in [9.17, 15) is 19.2 Å². The molecule has 0 saturated carbocycles. The molecule has 1 unspecified atom stereocenters. The summed E-state index contributed by atoms with van der Waals surface area (Å²) in [5.41, 5.74) is 2.24. The first-order valence-corrected chi connectivity index (χ1v) is 12.3. The first kappa shape index (κ1) is 25.0. The van der Waals surface area contributed by atoms with Crippen molar-refractivity contribution < 1.29 is 18.7 Å². The Morgan fingerprint density at radius 1 is 1.11 bits per heavy atom. The van der Waals surface area contributed by atoms with E-state index in [0.29, 0.717) is 29.3 Å². The summed E-state index contributed by atoms with van der Waals surface area (Å²) in [6, 6.07) is 22.2. The number of nitrogens with one attached hydrogen (secondary N) is 1. The SMILES string of the molecule is CCOc1ccc(N2C(=O)C(Cc3ccccc3F)S/C2=C(/C#N)C(=O)Nc2ccc(C)cc2)cc1. The van der Waals surface area contributed by atoms with Crippen LogP contribution in [0, 0.1) is 24.1 Å². The lowest BCUT2D eigenvalue weighted by Gasteiger charge is -2.19. The minimum absolute atomic E-state index is 0.117. The molecule has 0 spiro atoms. The Hall–Kier alpha value is -4.09. The van der Waals surface area contributed by atoms with Gasteiger partial charge in [-0.3, -0.25) is 14.5 Å². The monoisotopic (exact) mass is 501 g/mol. The minimum atomic E-state index is -0.709. The molecule has 3 aromatic rings. The van der Waals surface area contributed by atoms with Gasteiger partial charge in [-0.1, -0.05) is 47.7 Å². The van der Waals surface area contributed by atoms with Crippen LogP contribution in [0.3, 0.4) is 0 Å². The Morgan fingerprint density at radius 2 is 1.81 bits per heavy atom. The summed E-state index contributed by atoms with van der Waals surface area (Å²) in [7, 11) is 0. The number of nitrogens with zero attached hydrogens (tertiary/aromatic N) is 2. The molecule has 0 bridgehead atoms. The third kappa shape index (κ3) is 5.42. The molecular weight excluding hydrogens is 477 g/mol. The number of thioether (sulfide) groups is 1. The zero-order valence-electron chi connectivity index (χ0n) is 19.8. The van der Waals surface area contributed by atoms with Gasteiger partial charge in [-0.25, -0.2) is 4.39 Å². The lowest BCUT2D eigenvalue weighted by molar-refractivity contribution is -0.117. The summed E-state index contributed by atoms with van der Waals surface area (Å²) < 4.78 is 19.8. The van der Waals surface area contributed by atoms with Gasteiger partial charge in [-0.15, -0.1) is 0 Å². The number of benzene rings is 3. The Labute approximate surface area is 213 Å². The van der Waals surface area contributed by atoms with E-state index in [2.05, 4.69) is 5.32 Å². The van der Waals surface area contributed by atoms with Crippen molar-refractivity contribution in [2.24, 2.45) is 0 Å². The molecule has 182 valence electrons. The van der Waals surface area contributed by atoms with Crippen LogP contribution in [0.5, 0.6) is 5.75 Å². The van der Waals surface area contributed by atoms with Gasteiger partial charge in [0.15, 0.2) is 0 Å².